The van der Waals surface area contributed by atoms with Crippen molar-refractivity contribution in [2.75, 3.05) is 24.4 Å². The Bertz CT molecular complexity index is 1280. The molecule has 35 heavy (non-hydrogen) atoms. The first-order chi connectivity index (χ1) is 16.8. The summed E-state index contributed by atoms with van der Waals surface area (Å²) >= 11 is 0. The van der Waals surface area contributed by atoms with Crippen LogP contribution in [0.2, 0.25) is 0 Å². The summed E-state index contributed by atoms with van der Waals surface area (Å²) in [5.74, 6) is -0.245. The minimum atomic E-state index is -1.03. The van der Waals surface area contributed by atoms with Crippen molar-refractivity contribution in [2.45, 2.75) is 26.3 Å². The Morgan fingerprint density at radius 3 is 2.14 bits per heavy atom. The van der Waals surface area contributed by atoms with E-state index in [9.17, 15) is 14.7 Å². The third-order valence-corrected chi connectivity index (χ3v) is 6.05. The minimum Gasteiger partial charge on any atom is -0.497 e. The molecular formula is C28H28N2O5. The van der Waals surface area contributed by atoms with E-state index in [-0.39, 0.29) is 18.0 Å². The minimum absolute atomic E-state index is 0.250. The summed E-state index contributed by atoms with van der Waals surface area (Å²) < 4.78 is 11.0. The molecule has 7 nitrogen and oxygen atoms in total. The smallest absolute Gasteiger partial charge is 0.307 e. The second-order valence-electron chi connectivity index (χ2n) is 8.48. The Hall–Kier alpha value is -4.26. The number of hydrogen-bond donors (Lipinski definition) is 2. The van der Waals surface area contributed by atoms with Gasteiger partial charge in [-0.3, -0.25) is 14.5 Å². The van der Waals surface area contributed by atoms with Crippen molar-refractivity contribution in [2.24, 2.45) is 0 Å². The normalized spacial score (nSPS) is 15.4. The van der Waals surface area contributed by atoms with Crippen LogP contribution in [0.15, 0.2) is 78.0 Å². The summed E-state index contributed by atoms with van der Waals surface area (Å²) in [5, 5.41) is 13.0. The molecule has 1 atom stereocenters. The fourth-order valence-corrected chi connectivity index (χ4v) is 4.27. The number of carbonyl (C=O) groups is 2. The van der Waals surface area contributed by atoms with Crippen LogP contribution in [0.1, 0.15) is 29.2 Å². The summed E-state index contributed by atoms with van der Waals surface area (Å²) in [5.41, 5.74) is 4.86. The number of carboxylic acids is 1. The van der Waals surface area contributed by atoms with Crippen LogP contribution in [-0.4, -0.2) is 31.2 Å². The average Bonchev–Trinajstić information content (AvgIpc) is 3.10. The van der Waals surface area contributed by atoms with E-state index >= 15 is 0 Å². The maximum absolute atomic E-state index is 13.9. The number of nitrogens with one attached hydrogen (secondary N) is 1. The van der Waals surface area contributed by atoms with E-state index in [4.69, 9.17) is 9.47 Å². The Balaban J connectivity index is 1.92. The molecule has 0 aliphatic carbocycles. The van der Waals surface area contributed by atoms with Crippen LogP contribution in [0.3, 0.4) is 0 Å². The van der Waals surface area contributed by atoms with Gasteiger partial charge in [-0.25, -0.2) is 0 Å². The summed E-state index contributed by atoms with van der Waals surface area (Å²) in [7, 11) is 3.10. The first kappa shape index (κ1) is 23.9. The van der Waals surface area contributed by atoms with Crippen LogP contribution in [0.5, 0.6) is 11.5 Å². The van der Waals surface area contributed by atoms with Crippen LogP contribution in [0.4, 0.5) is 11.4 Å². The third kappa shape index (κ3) is 4.84. The van der Waals surface area contributed by atoms with Gasteiger partial charge in [0.2, 0.25) is 0 Å². The lowest BCUT2D eigenvalue weighted by Crippen LogP contribution is -2.31. The summed E-state index contributed by atoms with van der Waals surface area (Å²) in [6.45, 7) is 3.95. The van der Waals surface area contributed by atoms with E-state index in [1.807, 2.05) is 68.4 Å². The molecule has 1 amide bonds. The number of hydrogen-bond acceptors (Lipinski definition) is 5. The second-order valence-corrected chi connectivity index (χ2v) is 8.48. The van der Waals surface area contributed by atoms with E-state index < -0.39 is 12.0 Å². The lowest BCUT2D eigenvalue weighted by atomic mass is 9.95. The zero-order valence-electron chi connectivity index (χ0n) is 20.2. The monoisotopic (exact) mass is 472 g/mol. The highest BCUT2D eigenvalue weighted by Gasteiger charge is 2.43. The van der Waals surface area contributed by atoms with Gasteiger partial charge in [0.15, 0.2) is 0 Å². The number of anilines is 2. The molecule has 1 aliphatic rings. The van der Waals surface area contributed by atoms with Crippen molar-refractivity contribution in [3.05, 3.63) is 94.7 Å². The molecule has 180 valence electrons. The molecule has 7 heteroatoms. The lowest BCUT2D eigenvalue weighted by Gasteiger charge is -2.28. The number of ether oxygens (including phenoxy) is 2. The largest absolute Gasteiger partial charge is 0.497 e. The predicted molar refractivity (Wildman–Crippen MR) is 135 cm³/mol. The molecule has 0 fully saturated rings. The van der Waals surface area contributed by atoms with Crippen molar-refractivity contribution in [1.29, 1.82) is 0 Å². The molecule has 0 saturated heterocycles. The highest BCUT2D eigenvalue weighted by Crippen LogP contribution is 2.46. The van der Waals surface area contributed by atoms with Gasteiger partial charge in [-0.2, -0.15) is 0 Å². The molecule has 0 spiro atoms. The number of amides is 1. The van der Waals surface area contributed by atoms with Gasteiger partial charge in [-0.15, -0.1) is 0 Å². The number of benzene rings is 3. The number of aryl methyl sites for hydroxylation is 2. The maximum atomic E-state index is 13.9. The summed E-state index contributed by atoms with van der Waals surface area (Å²) in [6.07, 6.45) is -0.317. The van der Waals surface area contributed by atoms with Crippen molar-refractivity contribution < 1.29 is 24.2 Å². The number of carbonyl (C=O) groups excluding carboxylic acids is 1. The fourth-order valence-electron chi connectivity index (χ4n) is 4.27. The number of rotatable bonds is 8. The molecule has 1 heterocycles. The summed E-state index contributed by atoms with van der Waals surface area (Å²) in [6, 6.07) is 19.8. The lowest BCUT2D eigenvalue weighted by molar-refractivity contribution is -0.136. The molecule has 0 radical (unpaired) electrons. The van der Waals surface area contributed by atoms with Gasteiger partial charge in [-0.05, 0) is 55.8 Å². The van der Waals surface area contributed by atoms with E-state index in [1.165, 1.54) is 7.11 Å². The Labute approximate surface area is 204 Å². The van der Waals surface area contributed by atoms with Crippen LogP contribution in [0.25, 0.3) is 0 Å². The number of carboxylic acid groups (broad SMARTS) is 1. The zero-order valence-corrected chi connectivity index (χ0v) is 20.2. The van der Waals surface area contributed by atoms with Gasteiger partial charge in [0, 0.05) is 23.0 Å². The average molecular weight is 473 g/mol. The van der Waals surface area contributed by atoms with Crippen LogP contribution in [-0.2, 0) is 9.59 Å². The number of nitrogens with zero attached hydrogens (tertiary/aromatic N) is 1. The van der Waals surface area contributed by atoms with Gasteiger partial charge in [0.25, 0.3) is 5.91 Å². The fraction of sp³-hybridized carbons (Fsp3) is 0.214. The van der Waals surface area contributed by atoms with Crippen molar-refractivity contribution in [1.82, 2.24) is 0 Å². The quantitative estimate of drug-likeness (QED) is 0.466. The predicted octanol–water partition coefficient (Wildman–Crippen LogP) is 5.25. The number of aliphatic carboxylic acids is 1. The first-order valence-corrected chi connectivity index (χ1v) is 11.2. The molecule has 0 bridgehead atoms. The SMILES string of the molecule is COc1ccc([C@@H]2C(CC(=O)O)=C(Nc3ccc(C)cc3)C(=O)N2c2ccc(C)cc2)c(OC)c1. The Kier molecular flexibility index (Phi) is 6.78. The van der Waals surface area contributed by atoms with E-state index in [0.29, 0.717) is 34.0 Å². The highest BCUT2D eigenvalue weighted by molar-refractivity contribution is 6.12. The van der Waals surface area contributed by atoms with E-state index in [2.05, 4.69) is 5.32 Å². The molecule has 4 rings (SSSR count). The van der Waals surface area contributed by atoms with Gasteiger partial charge < -0.3 is 19.9 Å². The molecular weight excluding hydrogens is 444 g/mol. The van der Waals surface area contributed by atoms with Gasteiger partial charge >= 0.3 is 5.97 Å². The summed E-state index contributed by atoms with van der Waals surface area (Å²) in [4.78, 5) is 27.5. The second kappa shape index (κ2) is 9.93. The van der Waals surface area contributed by atoms with Crippen LogP contribution in [0, 0.1) is 13.8 Å². The maximum Gasteiger partial charge on any atom is 0.307 e. The van der Waals surface area contributed by atoms with Crippen molar-refractivity contribution in [3.8, 4) is 11.5 Å². The van der Waals surface area contributed by atoms with Crippen LogP contribution >= 0.6 is 0 Å². The molecule has 0 unspecified atom stereocenters. The van der Waals surface area contributed by atoms with Gasteiger partial charge in [0.05, 0.1) is 26.7 Å². The van der Waals surface area contributed by atoms with Crippen molar-refractivity contribution in [3.63, 3.8) is 0 Å². The highest BCUT2D eigenvalue weighted by atomic mass is 16.5. The Morgan fingerprint density at radius 2 is 1.57 bits per heavy atom. The van der Waals surface area contributed by atoms with Crippen LogP contribution < -0.4 is 19.7 Å². The first-order valence-electron chi connectivity index (χ1n) is 11.2. The molecule has 3 aromatic rings. The third-order valence-electron chi connectivity index (χ3n) is 6.05. The van der Waals surface area contributed by atoms with Crippen molar-refractivity contribution >= 4 is 23.3 Å². The zero-order chi connectivity index (χ0) is 25.1. The Morgan fingerprint density at radius 1 is 0.943 bits per heavy atom. The molecule has 3 aromatic carbocycles. The molecule has 0 aromatic heterocycles. The van der Waals surface area contributed by atoms with Gasteiger partial charge in [0.1, 0.15) is 17.2 Å². The number of methoxy groups -OCH3 is 2. The van der Waals surface area contributed by atoms with E-state index in [1.54, 1.807) is 24.1 Å². The molecule has 2 N–H and O–H groups in total. The molecule has 0 saturated carbocycles. The van der Waals surface area contributed by atoms with Gasteiger partial charge in [-0.1, -0.05) is 35.4 Å². The standard InChI is InChI=1S/C28H28N2O5/c1-17-5-9-19(10-6-17)29-26-23(16-25(31)32)27(22-14-13-21(34-3)15-24(22)35-4)30(28(26)33)20-11-7-18(2)8-12-20/h5-15,27,29H,16H2,1-4H3,(H,31,32)/t27-/m1/s1. The molecule has 1 aliphatic heterocycles. The van der Waals surface area contributed by atoms with E-state index in [0.717, 1.165) is 11.1 Å². The topological polar surface area (TPSA) is 88.1 Å².